The molecule has 3 nitrogen and oxygen atoms in total. The van der Waals surface area contributed by atoms with Crippen LogP contribution in [0.25, 0.3) is 0 Å². The number of hydrogen-bond acceptors (Lipinski definition) is 3. The van der Waals surface area contributed by atoms with E-state index in [-0.39, 0.29) is 6.10 Å². The summed E-state index contributed by atoms with van der Waals surface area (Å²) in [6.45, 7) is 5.81. The quantitative estimate of drug-likeness (QED) is 0.551. The van der Waals surface area contributed by atoms with Crippen LogP contribution in [0.5, 0.6) is 0 Å². The van der Waals surface area contributed by atoms with E-state index in [1.807, 2.05) is 37.3 Å². The highest BCUT2D eigenvalue weighted by Gasteiger charge is 2.39. The topological polar surface area (TPSA) is 27.7 Å². The van der Waals surface area contributed by atoms with E-state index in [9.17, 15) is 0 Å². The highest BCUT2D eigenvalue weighted by Crippen LogP contribution is 2.25. The van der Waals surface area contributed by atoms with Crippen molar-refractivity contribution >= 4 is 8.80 Å². The molecule has 0 spiro atoms. The van der Waals surface area contributed by atoms with Crippen LogP contribution in [0.4, 0.5) is 0 Å². The predicted octanol–water partition coefficient (Wildman–Crippen LogP) is 3.18. The zero-order valence-corrected chi connectivity index (χ0v) is 11.7. The monoisotopic (exact) mass is 252 g/mol. The Morgan fingerprint density at radius 3 is 2.24 bits per heavy atom. The van der Waals surface area contributed by atoms with Gasteiger partial charge in [0, 0.05) is 20.3 Å². The Bertz CT molecular complexity index is 328. The molecular formula is C13H20O3Si. The molecule has 0 fully saturated rings. The molecule has 0 radical (unpaired) electrons. The van der Waals surface area contributed by atoms with Gasteiger partial charge in [-0.3, -0.25) is 0 Å². The fourth-order valence-electron chi connectivity index (χ4n) is 1.64. The fraction of sp³-hybridized carbons (Fsp3) is 0.385. The Morgan fingerprint density at radius 2 is 1.82 bits per heavy atom. The summed E-state index contributed by atoms with van der Waals surface area (Å²) in [4.78, 5) is 0. The van der Waals surface area contributed by atoms with Gasteiger partial charge in [0.1, 0.15) is 0 Å². The average Bonchev–Trinajstić information content (AvgIpc) is 2.42. The van der Waals surface area contributed by atoms with Crippen molar-refractivity contribution in [3.8, 4) is 0 Å². The van der Waals surface area contributed by atoms with E-state index in [4.69, 9.17) is 13.3 Å². The molecule has 1 rings (SSSR count). The van der Waals surface area contributed by atoms with Gasteiger partial charge in [0.05, 0.1) is 6.10 Å². The summed E-state index contributed by atoms with van der Waals surface area (Å²) >= 11 is 0. The van der Waals surface area contributed by atoms with Gasteiger partial charge in [-0.15, -0.1) is 6.58 Å². The lowest BCUT2D eigenvalue weighted by atomic mass is 10.1. The third kappa shape index (κ3) is 3.51. The Hall–Kier alpha value is -0.943. The van der Waals surface area contributed by atoms with Crippen LogP contribution in [-0.4, -0.2) is 23.0 Å². The standard InChI is InChI=1S/C13H20O3Si/c1-5-13(12-10-8-7-9-11-12)16-17(6-2,14-3)15-4/h5,7-11,13H,1,6H2,2-4H3. The smallest absolute Gasteiger partial charge is 0.377 e. The van der Waals surface area contributed by atoms with Crippen LogP contribution < -0.4 is 0 Å². The van der Waals surface area contributed by atoms with Gasteiger partial charge in [-0.1, -0.05) is 43.3 Å². The van der Waals surface area contributed by atoms with E-state index in [0.29, 0.717) is 0 Å². The molecule has 94 valence electrons. The lowest BCUT2D eigenvalue weighted by Crippen LogP contribution is -2.43. The molecule has 1 unspecified atom stereocenters. The Kier molecular flexibility index (Phi) is 5.57. The molecule has 0 saturated heterocycles. The van der Waals surface area contributed by atoms with Gasteiger partial charge in [-0.25, -0.2) is 0 Å². The molecule has 0 N–H and O–H groups in total. The molecule has 17 heavy (non-hydrogen) atoms. The predicted molar refractivity (Wildman–Crippen MR) is 70.7 cm³/mol. The molecule has 0 aromatic heterocycles. The van der Waals surface area contributed by atoms with E-state index < -0.39 is 8.80 Å². The van der Waals surface area contributed by atoms with Crippen molar-refractivity contribution in [2.45, 2.75) is 19.1 Å². The largest absolute Gasteiger partial charge is 0.500 e. The molecule has 0 aliphatic rings. The summed E-state index contributed by atoms with van der Waals surface area (Å²) in [5.74, 6) is 0. The lowest BCUT2D eigenvalue weighted by Gasteiger charge is -2.29. The molecule has 0 saturated carbocycles. The summed E-state index contributed by atoms with van der Waals surface area (Å²) in [5.41, 5.74) is 1.06. The summed E-state index contributed by atoms with van der Waals surface area (Å²) in [6.07, 6.45) is 1.58. The summed E-state index contributed by atoms with van der Waals surface area (Å²) < 4.78 is 16.9. The molecule has 0 aliphatic heterocycles. The number of hydrogen-bond donors (Lipinski definition) is 0. The van der Waals surface area contributed by atoms with Crippen LogP contribution in [0.1, 0.15) is 18.6 Å². The molecule has 0 bridgehead atoms. The van der Waals surface area contributed by atoms with E-state index in [2.05, 4.69) is 6.58 Å². The average molecular weight is 252 g/mol. The maximum atomic E-state index is 6.00. The molecule has 1 aromatic carbocycles. The third-order valence-corrected chi connectivity index (χ3v) is 5.43. The first-order valence-corrected chi connectivity index (χ1v) is 7.60. The molecule has 0 heterocycles. The van der Waals surface area contributed by atoms with Gasteiger partial charge in [-0.2, -0.15) is 0 Å². The van der Waals surface area contributed by atoms with Gasteiger partial charge in [0.15, 0.2) is 0 Å². The summed E-state index contributed by atoms with van der Waals surface area (Å²) in [6, 6.07) is 10.7. The van der Waals surface area contributed by atoms with Gasteiger partial charge in [-0.05, 0) is 5.56 Å². The first-order valence-electron chi connectivity index (χ1n) is 5.67. The first-order chi connectivity index (χ1) is 8.21. The molecule has 0 aliphatic carbocycles. The highest BCUT2D eigenvalue weighted by molar-refractivity contribution is 6.60. The Morgan fingerprint density at radius 1 is 1.24 bits per heavy atom. The van der Waals surface area contributed by atoms with E-state index in [1.54, 1.807) is 20.3 Å². The van der Waals surface area contributed by atoms with Crippen molar-refractivity contribution in [1.82, 2.24) is 0 Å². The van der Waals surface area contributed by atoms with Crippen LogP contribution in [0.2, 0.25) is 6.04 Å². The number of benzene rings is 1. The molecule has 1 aromatic rings. The number of rotatable bonds is 7. The Labute approximate surface area is 104 Å². The van der Waals surface area contributed by atoms with Crippen molar-refractivity contribution in [2.75, 3.05) is 14.2 Å². The Balaban J connectivity index is 2.86. The van der Waals surface area contributed by atoms with Crippen LogP contribution in [-0.2, 0) is 13.3 Å². The molecule has 1 atom stereocenters. The van der Waals surface area contributed by atoms with Crippen LogP contribution >= 0.6 is 0 Å². The van der Waals surface area contributed by atoms with Gasteiger partial charge >= 0.3 is 8.80 Å². The first kappa shape index (κ1) is 14.1. The van der Waals surface area contributed by atoms with Gasteiger partial charge in [0.25, 0.3) is 0 Å². The zero-order valence-electron chi connectivity index (χ0n) is 10.7. The maximum Gasteiger partial charge on any atom is 0.500 e. The van der Waals surface area contributed by atoms with E-state index in [1.165, 1.54) is 0 Å². The molecular weight excluding hydrogens is 232 g/mol. The van der Waals surface area contributed by atoms with Crippen LogP contribution in [0, 0.1) is 0 Å². The zero-order chi connectivity index (χ0) is 12.7. The summed E-state index contributed by atoms with van der Waals surface area (Å²) in [7, 11) is 0.703. The van der Waals surface area contributed by atoms with E-state index in [0.717, 1.165) is 11.6 Å². The van der Waals surface area contributed by atoms with Crippen molar-refractivity contribution in [2.24, 2.45) is 0 Å². The highest BCUT2D eigenvalue weighted by atomic mass is 28.4. The van der Waals surface area contributed by atoms with Crippen molar-refractivity contribution < 1.29 is 13.3 Å². The second kappa shape index (κ2) is 6.71. The van der Waals surface area contributed by atoms with Gasteiger partial charge < -0.3 is 13.3 Å². The summed E-state index contributed by atoms with van der Waals surface area (Å²) in [5, 5.41) is 0. The minimum absolute atomic E-state index is 0.192. The second-order valence-electron chi connectivity index (χ2n) is 3.63. The van der Waals surface area contributed by atoms with Crippen LogP contribution in [0.3, 0.4) is 0 Å². The fourth-order valence-corrected chi connectivity index (χ4v) is 3.36. The van der Waals surface area contributed by atoms with Crippen molar-refractivity contribution in [3.05, 3.63) is 48.6 Å². The second-order valence-corrected chi connectivity index (χ2v) is 6.75. The van der Waals surface area contributed by atoms with Gasteiger partial charge in [0.2, 0.25) is 0 Å². The van der Waals surface area contributed by atoms with Crippen molar-refractivity contribution in [3.63, 3.8) is 0 Å². The SMILES string of the molecule is C=CC(O[Si](CC)(OC)OC)c1ccccc1. The minimum Gasteiger partial charge on any atom is -0.377 e. The lowest BCUT2D eigenvalue weighted by molar-refractivity contribution is 0.0746. The van der Waals surface area contributed by atoms with Crippen molar-refractivity contribution in [1.29, 1.82) is 0 Å². The third-order valence-electron chi connectivity index (χ3n) is 2.70. The molecule has 0 amide bonds. The maximum absolute atomic E-state index is 6.00. The van der Waals surface area contributed by atoms with Crippen LogP contribution in [0.15, 0.2) is 43.0 Å². The molecule has 4 heteroatoms. The minimum atomic E-state index is -2.56. The van der Waals surface area contributed by atoms with E-state index >= 15 is 0 Å². The normalized spacial score (nSPS) is 13.4.